The fraction of sp³-hybridized carbons (Fsp3) is 0.357. The van der Waals surface area contributed by atoms with Crippen LogP contribution in [0.3, 0.4) is 0 Å². The van der Waals surface area contributed by atoms with Gasteiger partial charge in [0.1, 0.15) is 5.82 Å². The van der Waals surface area contributed by atoms with Crippen molar-refractivity contribution in [3.8, 4) is 0 Å². The Hall–Kier alpha value is -1.20. The average Bonchev–Trinajstić information content (AvgIpc) is 2.54. The highest BCUT2D eigenvalue weighted by Crippen LogP contribution is 2.26. The summed E-state index contributed by atoms with van der Waals surface area (Å²) < 4.78 is 16.0. The third-order valence-electron chi connectivity index (χ3n) is 3.10. The van der Waals surface area contributed by atoms with E-state index in [4.69, 9.17) is 0 Å². The van der Waals surface area contributed by atoms with Crippen molar-refractivity contribution in [2.45, 2.75) is 26.4 Å². The van der Waals surface area contributed by atoms with E-state index in [1.54, 1.807) is 10.7 Å². The number of benzene rings is 1. The third kappa shape index (κ3) is 3.04. The number of aryl methyl sites for hydroxylation is 3. The molecule has 0 aliphatic heterocycles. The van der Waals surface area contributed by atoms with Crippen molar-refractivity contribution >= 4 is 15.9 Å². The second-order valence-corrected chi connectivity index (χ2v) is 5.54. The lowest BCUT2D eigenvalue weighted by Crippen LogP contribution is -2.07. The van der Waals surface area contributed by atoms with Gasteiger partial charge in [-0.3, -0.25) is 4.68 Å². The molecule has 0 aliphatic rings. The van der Waals surface area contributed by atoms with Crippen LogP contribution in [-0.2, 0) is 13.5 Å². The summed E-state index contributed by atoms with van der Waals surface area (Å²) in [6.45, 7) is 3.70. The van der Waals surface area contributed by atoms with E-state index in [2.05, 4.69) is 21.0 Å². The van der Waals surface area contributed by atoms with Crippen LogP contribution in [0, 0.1) is 19.7 Å². The Bertz CT molecular complexity index is 589. The fourth-order valence-corrected chi connectivity index (χ4v) is 2.66. The van der Waals surface area contributed by atoms with Crippen LogP contribution >= 0.6 is 15.9 Å². The van der Waals surface area contributed by atoms with Gasteiger partial charge in [-0.05, 0) is 53.0 Å². The lowest BCUT2D eigenvalue weighted by molar-refractivity contribution is 0.175. The topological polar surface area (TPSA) is 38.1 Å². The zero-order valence-corrected chi connectivity index (χ0v) is 12.7. The Morgan fingerprint density at radius 2 is 2.05 bits per heavy atom. The standard InChI is InChI=1S/C14H16BrFN2O/c1-8-4-10(6-11(16)5-8)13(19)7-12-14(15)9(2)17-18(12)3/h4-6,13,19H,7H2,1-3H3. The highest BCUT2D eigenvalue weighted by atomic mass is 79.9. The van der Waals surface area contributed by atoms with Gasteiger partial charge < -0.3 is 5.11 Å². The van der Waals surface area contributed by atoms with Gasteiger partial charge in [-0.2, -0.15) is 5.10 Å². The van der Waals surface area contributed by atoms with Gasteiger partial charge in [0.2, 0.25) is 0 Å². The van der Waals surface area contributed by atoms with E-state index in [1.807, 2.05) is 20.9 Å². The highest BCUT2D eigenvalue weighted by Gasteiger charge is 2.17. The van der Waals surface area contributed by atoms with E-state index in [9.17, 15) is 9.50 Å². The quantitative estimate of drug-likeness (QED) is 0.940. The summed E-state index contributed by atoms with van der Waals surface area (Å²) in [6.07, 6.45) is -0.360. The third-order valence-corrected chi connectivity index (χ3v) is 4.13. The first kappa shape index (κ1) is 14.2. The number of hydrogen-bond donors (Lipinski definition) is 1. The molecule has 0 saturated heterocycles. The number of aliphatic hydroxyl groups is 1. The van der Waals surface area contributed by atoms with Crippen LogP contribution in [0.2, 0.25) is 0 Å². The molecule has 1 atom stereocenters. The number of halogens is 2. The predicted molar refractivity (Wildman–Crippen MR) is 75.4 cm³/mol. The molecule has 1 aromatic heterocycles. The average molecular weight is 327 g/mol. The molecule has 3 nitrogen and oxygen atoms in total. The molecule has 0 radical (unpaired) electrons. The number of aliphatic hydroxyl groups excluding tert-OH is 1. The van der Waals surface area contributed by atoms with E-state index < -0.39 is 6.10 Å². The van der Waals surface area contributed by atoms with Crippen LogP contribution in [0.1, 0.15) is 28.6 Å². The zero-order valence-electron chi connectivity index (χ0n) is 11.1. The Morgan fingerprint density at radius 3 is 2.58 bits per heavy atom. The molecule has 0 saturated carbocycles. The molecule has 0 aliphatic carbocycles. The van der Waals surface area contributed by atoms with Crippen LogP contribution in [0.25, 0.3) is 0 Å². The second-order valence-electron chi connectivity index (χ2n) is 4.75. The summed E-state index contributed by atoms with van der Waals surface area (Å²) in [6, 6.07) is 4.61. The molecule has 0 bridgehead atoms. The minimum atomic E-state index is -0.750. The molecule has 1 N–H and O–H groups in total. The van der Waals surface area contributed by atoms with E-state index in [1.165, 1.54) is 12.1 Å². The number of aromatic nitrogens is 2. The summed E-state index contributed by atoms with van der Waals surface area (Å²) in [5, 5.41) is 14.5. The summed E-state index contributed by atoms with van der Waals surface area (Å²) in [5.41, 5.74) is 3.16. The molecule has 0 amide bonds. The van der Waals surface area contributed by atoms with Gasteiger partial charge >= 0.3 is 0 Å². The number of rotatable bonds is 3. The van der Waals surface area contributed by atoms with E-state index in [-0.39, 0.29) is 5.82 Å². The summed E-state index contributed by atoms with van der Waals surface area (Å²) in [4.78, 5) is 0. The maximum Gasteiger partial charge on any atom is 0.123 e. The SMILES string of the molecule is Cc1cc(F)cc(C(O)Cc2c(Br)c(C)nn2C)c1. The molecule has 0 spiro atoms. The molecule has 19 heavy (non-hydrogen) atoms. The zero-order chi connectivity index (χ0) is 14.2. The van der Waals surface area contributed by atoms with Gasteiger partial charge in [-0.25, -0.2) is 4.39 Å². The monoisotopic (exact) mass is 326 g/mol. The minimum absolute atomic E-state index is 0.325. The molecule has 1 aromatic carbocycles. The van der Waals surface area contributed by atoms with Crippen LogP contribution < -0.4 is 0 Å². The van der Waals surface area contributed by atoms with Crippen molar-refractivity contribution in [3.05, 3.63) is 51.0 Å². The fourth-order valence-electron chi connectivity index (χ4n) is 2.16. The first-order valence-electron chi connectivity index (χ1n) is 6.01. The molecule has 2 rings (SSSR count). The van der Waals surface area contributed by atoms with Crippen molar-refractivity contribution in [1.82, 2.24) is 9.78 Å². The van der Waals surface area contributed by atoms with Gasteiger partial charge in [-0.15, -0.1) is 0 Å². The van der Waals surface area contributed by atoms with Crippen LogP contribution in [0.4, 0.5) is 4.39 Å². The van der Waals surface area contributed by atoms with Crippen molar-refractivity contribution in [1.29, 1.82) is 0 Å². The molecule has 5 heteroatoms. The van der Waals surface area contributed by atoms with Gasteiger partial charge in [0, 0.05) is 13.5 Å². The lowest BCUT2D eigenvalue weighted by atomic mass is 10.0. The maximum atomic E-state index is 13.4. The smallest absolute Gasteiger partial charge is 0.123 e. The van der Waals surface area contributed by atoms with E-state index in [0.717, 1.165) is 21.4 Å². The molecule has 2 aromatic rings. The van der Waals surface area contributed by atoms with Crippen molar-refractivity contribution in [2.24, 2.45) is 7.05 Å². The molecule has 0 fully saturated rings. The molecular formula is C14H16BrFN2O. The van der Waals surface area contributed by atoms with Gasteiger partial charge in [0.15, 0.2) is 0 Å². The molecular weight excluding hydrogens is 311 g/mol. The van der Waals surface area contributed by atoms with Crippen molar-refractivity contribution < 1.29 is 9.50 Å². The van der Waals surface area contributed by atoms with Crippen molar-refractivity contribution in [2.75, 3.05) is 0 Å². The summed E-state index contributed by atoms with van der Waals surface area (Å²) in [7, 11) is 1.83. The minimum Gasteiger partial charge on any atom is -0.388 e. The Kier molecular flexibility index (Phi) is 4.06. The van der Waals surface area contributed by atoms with E-state index in [0.29, 0.717) is 12.0 Å². The number of nitrogens with zero attached hydrogens (tertiary/aromatic N) is 2. The van der Waals surface area contributed by atoms with Crippen LogP contribution in [0.15, 0.2) is 22.7 Å². The normalized spacial score (nSPS) is 12.7. The Balaban J connectivity index is 2.27. The Morgan fingerprint density at radius 1 is 1.37 bits per heavy atom. The van der Waals surface area contributed by atoms with Gasteiger partial charge in [0.05, 0.1) is 22.0 Å². The van der Waals surface area contributed by atoms with Crippen LogP contribution in [-0.4, -0.2) is 14.9 Å². The largest absolute Gasteiger partial charge is 0.388 e. The second kappa shape index (κ2) is 5.43. The maximum absolute atomic E-state index is 13.4. The predicted octanol–water partition coefficient (Wildman–Crippen LogP) is 3.21. The Labute approximate surface area is 120 Å². The molecule has 1 heterocycles. The summed E-state index contributed by atoms with van der Waals surface area (Å²) >= 11 is 3.46. The van der Waals surface area contributed by atoms with Crippen LogP contribution in [0.5, 0.6) is 0 Å². The number of hydrogen-bond acceptors (Lipinski definition) is 2. The van der Waals surface area contributed by atoms with E-state index >= 15 is 0 Å². The van der Waals surface area contributed by atoms with Gasteiger partial charge in [0.25, 0.3) is 0 Å². The van der Waals surface area contributed by atoms with Gasteiger partial charge in [-0.1, -0.05) is 6.07 Å². The van der Waals surface area contributed by atoms with Crippen molar-refractivity contribution in [3.63, 3.8) is 0 Å². The molecule has 102 valence electrons. The lowest BCUT2D eigenvalue weighted by Gasteiger charge is -2.12. The molecule has 1 unspecified atom stereocenters. The first-order valence-corrected chi connectivity index (χ1v) is 6.81. The summed E-state index contributed by atoms with van der Waals surface area (Å²) in [5.74, 6) is -0.325. The first-order chi connectivity index (χ1) is 8.88. The highest BCUT2D eigenvalue weighted by molar-refractivity contribution is 9.10.